The first-order valence-electron chi connectivity index (χ1n) is 8.17. The zero-order valence-corrected chi connectivity index (χ0v) is 12.4. The normalized spacial score (nSPS) is 38.8. The fourth-order valence-corrected chi connectivity index (χ4v) is 4.10. The second-order valence-electron chi connectivity index (χ2n) is 6.82. The van der Waals surface area contributed by atoms with Crippen molar-refractivity contribution in [1.82, 2.24) is 4.90 Å². The van der Waals surface area contributed by atoms with Gasteiger partial charge in [0.25, 0.3) is 0 Å². The molecule has 0 spiro atoms. The van der Waals surface area contributed by atoms with Gasteiger partial charge < -0.3 is 5.73 Å². The van der Waals surface area contributed by atoms with Gasteiger partial charge in [-0.3, -0.25) is 4.90 Å². The van der Waals surface area contributed by atoms with Crippen LogP contribution in [0.2, 0.25) is 0 Å². The van der Waals surface area contributed by atoms with Gasteiger partial charge in [0.2, 0.25) is 0 Å². The third kappa shape index (κ3) is 3.71. The number of piperidine rings is 1. The minimum Gasteiger partial charge on any atom is -0.329 e. The third-order valence-corrected chi connectivity index (χ3v) is 5.33. The van der Waals surface area contributed by atoms with Gasteiger partial charge in [-0.25, -0.2) is 0 Å². The Bertz CT molecular complexity index is 241. The van der Waals surface area contributed by atoms with Crippen LogP contribution in [-0.2, 0) is 0 Å². The molecule has 1 aliphatic heterocycles. The van der Waals surface area contributed by atoms with Crippen LogP contribution in [-0.4, -0.2) is 30.6 Å². The monoisotopic (exact) mass is 252 g/mol. The molecule has 18 heavy (non-hydrogen) atoms. The molecule has 4 unspecified atom stereocenters. The van der Waals surface area contributed by atoms with Crippen LogP contribution in [0.25, 0.3) is 0 Å². The maximum Gasteiger partial charge on any atom is 0.0221 e. The predicted octanol–water partition coefficient (Wildman–Crippen LogP) is 3.26. The molecule has 2 nitrogen and oxygen atoms in total. The van der Waals surface area contributed by atoms with Crippen molar-refractivity contribution < 1.29 is 0 Å². The molecular formula is C16H32N2. The van der Waals surface area contributed by atoms with Gasteiger partial charge in [-0.1, -0.05) is 33.1 Å². The Morgan fingerprint density at radius 2 is 1.94 bits per heavy atom. The maximum absolute atomic E-state index is 6.00. The van der Waals surface area contributed by atoms with E-state index in [4.69, 9.17) is 5.73 Å². The summed E-state index contributed by atoms with van der Waals surface area (Å²) in [6.07, 6.45) is 9.88. The molecule has 2 rings (SSSR count). The van der Waals surface area contributed by atoms with Gasteiger partial charge in [0.15, 0.2) is 0 Å². The van der Waals surface area contributed by atoms with E-state index in [1.165, 1.54) is 58.0 Å². The highest BCUT2D eigenvalue weighted by atomic mass is 15.2. The zero-order chi connectivity index (χ0) is 13.0. The summed E-state index contributed by atoms with van der Waals surface area (Å²) in [6.45, 7) is 8.24. The first-order valence-corrected chi connectivity index (χ1v) is 8.17. The number of hydrogen-bond donors (Lipinski definition) is 1. The largest absolute Gasteiger partial charge is 0.329 e. The Labute approximate surface area is 113 Å². The van der Waals surface area contributed by atoms with E-state index < -0.39 is 0 Å². The van der Waals surface area contributed by atoms with Crippen LogP contribution in [0, 0.1) is 17.8 Å². The number of rotatable bonds is 4. The van der Waals surface area contributed by atoms with Crippen LogP contribution in [0.5, 0.6) is 0 Å². The van der Waals surface area contributed by atoms with Gasteiger partial charge in [0, 0.05) is 19.1 Å². The average Bonchev–Trinajstić information content (AvgIpc) is 2.39. The van der Waals surface area contributed by atoms with Crippen LogP contribution < -0.4 is 5.73 Å². The second kappa shape index (κ2) is 6.91. The Balaban J connectivity index is 1.84. The van der Waals surface area contributed by atoms with Gasteiger partial charge >= 0.3 is 0 Å². The lowest BCUT2D eigenvalue weighted by atomic mass is 9.81. The highest BCUT2D eigenvalue weighted by Crippen LogP contribution is 2.32. The molecule has 0 bridgehead atoms. The number of nitrogens with two attached hydrogens (primary N) is 1. The fourth-order valence-electron chi connectivity index (χ4n) is 4.10. The van der Waals surface area contributed by atoms with E-state index in [1.54, 1.807) is 0 Å². The van der Waals surface area contributed by atoms with Gasteiger partial charge in [-0.05, 0) is 50.0 Å². The molecule has 1 heterocycles. The van der Waals surface area contributed by atoms with E-state index in [9.17, 15) is 0 Å². The maximum atomic E-state index is 6.00. The zero-order valence-electron chi connectivity index (χ0n) is 12.4. The Kier molecular flexibility index (Phi) is 5.50. The molecule has 106 valence electrons. The molecule has 0 amide bonds. The van der Waals surface area contributed by atoms with Crippen molar-refractivity contribution in [2.45, 2.75) is 64.8 Å². The van der Waals surface area contributed by atoms with E-state index >= 15 is 0 Å². The van der Waals surface area contributed by atoms with E-state index in [0.717, 1.165) is 24.3 Å². The minimum absolute atomic E-state index is 0.668. The summed E-state index contributed by atoms with van der Waals surface area (Å²) in [5, 5.41) is 0. The number of hydrogen-bond acceptors (Lipinski definition) is 2. The summed E-state index contributed by atoms with van der Waals surface area (Å²) < 4.78 is 0. The highest BCUT2D eigenvalue weighted by Gasteiger charge is 2.29. The summed E-state index contributed by atoms with van der Waals surface area (Å²) in [4.78, 5) is 2.72. The molecule has 0 aromatic carbocycles. The topological polar surface area (TPSA) is 29.3 Å². The van der Waals surface area contributed by atoms with Crippen molar-refractivity contribution in [3.05, 3.63) is 0 Å². The predicted molar refractivity (Wildman–Crippen MR) is 78.6 cm³/mol. The van der Waals surface area contributed by atoms with Crippen molar-refractivity contribution in [3.63, 3.8) is 0 Å². The fraction of sp³-hybridized carbons (Fsp3) is 1.00. The lowest BCUT2D eigenvalue weighted by molar-refractivity contribution is 0.0825. The molecule has 4 atom stereocenters. The molecule has 1 aliphatic carbocycles. The summed E-state index contributed by atoms with van der Waals surface area (Å²) >= 11 is 0. The van der Waals surface area contributed by atoms with Gasteiger partial charge in [0.05, 0.1) is 0 Å². The van der Waals surface area contributed by atoms with E-state index in [1.807, 2.05) is 0 Å². The molecule has 2 N–H and O–H groups in total. The molecule has 2 fully saturated rings. The number of likely N-dealkylation sites (tertiary alicyclic amines) is 1. The van der Waals surface area contributed by atoms with Crippen LogP contribution in [0.1, 0.15) is 58.8 Å². The van der Waals surface area contributed by atoms with Crippen LogP contribution in [0.3, 0.4) is 0 Å². The summed E-state index contributed by atoms with van der Waals surface area (Å²) in [5.41, 5.74) is 6.00. The molecule has 1 saturated heterocycles. The second-order valence-corrected chi connectivity index (χ2v) is 6.82. The van der Waals surface area contributed by atoms with Crippen molar-refractivity contribution in [2.24, 2.45) is 23.5 Å². The SMILES string of the molecule is CCC1CCN(CC2CCCC(C)C2)C(CN)C1. The number of nitrogens with zero attached hydrogens (tertiary/aromatic N) is 1. The third-order valence-electron chi connectivity index (χ3n) is 5.33. The first kappa shape index (κ1) is 14.3. The van der Waals surface area contributed by atoms with Gasteiger partial charge in [-0.15, -0.1) is 0 Å². The highest BCUT2D eigenvalue weighted by molar-refractivity contribution is 4.84. The van der Waals surface area contributed by atoms with E-state index in [2.05, 4.69) is 18.7 Å². The summed E-state index contributed by atoms with van der Waals surface area (Å²) in [5.74, 6) is 2.83. The van der Waals surface area contributed by atoms with E-state index in [-0.39, 0.29) is 0 Å². The smallest absolute Gasteiger partial charge is 0.0221 e. The van der Waals surface area contributed by atoms with E-state index in [0.29, 0.717) is 6.04 Å². The molecule has 0 aromatic rings. The summed E-state index contributed by atoms with van der Waals surface area (Å²) in [7, 11) is 0. The van der Waals surface area contributed by atoms with Gasteiger partial charge in [-0.2, -0.15) is 0 Å². The Morgan fingerprint density at radius 3 is 2.61 bits per heavy atom. The quantitative estimate of drug-likeness (QED) is 0.832. The van der Waals surface area contributed by atoms with Crippen LogP contribution in [0.15, 0.2) is 0 Å². The van der Waals surface area contributed by atoms with Crippen molar-refractivity contribution in [2.75, 3.05) is 19.6 Å². The minimum atomic E-state index is 0.668. The lowest BCUT2D eigenvalue weighted by Gasteiger charge is -2.41. The molecule has 0 aromatic heterocycles. The van der Waals surface area contributed by atoms with Crippen LogP contribution in [0.4, 0.5) is 0 Å². The average molecular weight is 252 g/mol. The van der Waals surface area contributed by atoms with Crippen molar-refractivity contribution in [1.29, 1.82) is 0 Å². The molecule has 1 saturated carbocycles. The molecule has 2 aliphatic rings. The standard InChI is InChI=1S/C16H32N2/c1-3-14-7-8-18(16(10-14)11-17)12-15-6-4-5-13(2)9-15/h13-16H,3-12,17H2,1-2H3. The van der Waals surface area contributed by atoms with Gasteiger partial charge in [0.1, 0.15) is 0 Å². The Hall–Kier alpha value is -0.0800. The van der Waals surface area contributed by atoms with Crippen molar-refractivity contribution >= 4 is 0 Å². The summed E-state index contributed by atoms with van der Waals surface area (Å²) in [6, 6.07) is 0.668. The van der Waals surface area contributed by atoms with Crippen LogP contribution >= 0.6 is 0 Å². The first-order chi connectivity index (χ1) is 8.72. The Morgan fingerprint density at radius 1 is 1.11 bits per heavy atom. The molecule has 0 radical (unpaired) electrons. The molecular weight excluding hydrogens is 220 g/mol. The lowest BCUT2D eigenvalue weighted by Crippen LogP contribution is -2.48. The van der Waals surface area contributed by atoms with Crippen molar-refractivity contribution in [3.8, 4) is 0 Å². The molecule has 2 heteroatoms.